The zero-order chi connectivity index (χ0) is 21.0. The maximum Gasteiger partial charge on any atom is 0.254 e. The van der Waals surface area contributed by atoms with Gasteiger partial charge in [-0.1, -0.05) is 43.2 Å². The van der Waals surface area contributed by atoms with Crippen molar-refractivity contribution < 1.29 is 9.53 Å². The van der Waals surface area contributed by atoms with Crippen LogP contribution in [0.15, 0.2) is 48.8 Å². The second kappa shape index (κ2) is 9.27. The summed E-state index contributed by atoms with van der Waals surface area (Å²) < 4.78 is 6.30. The minimum Gasteiger partial charge on any atom is -0.362 e. The molecular weight excluding hydrogens is 374 g/mol. The van der Waals surface area contributed by atoms with Crippen molar-refractivity contribution in [2.45, 2.75) is 63.6 Å². The molecule has 2 fully saturated rings. The summed E-state index contributed by atoms with van der Waals surface area (Å²) in [6, 6.07) is 13.1. The van der Waals surface area contributed by atoms with E-state index in [1.807, 2.05) is 12.3 Å². The summed E-state index contributed by atoms with van der Waals surface area (Å²) in [5, 5.41) is 3.31. The quantitative estimate of drug-likeness (QED) is 0.791. The molecule has 2 aromatic rings. The molecule has 1 aromatic heterocycles. The molecule has 0 radical (unpaired) electrons. The Labute approximate surface area is 179 Å². The first-order valence-electron chi connectivity index (χ1n) is 11.2. The van der Waals surface area contributed by atoms with Crippen molar-refractivity contribution in [1.82, 2.24) is 15.2 Å². The molecule has 1 aromatic carbocycles. The number of ether oxygens (including phenoxy) is 1. The fourth-order valence-corrected chi connectivity index (χ4v) is 4.69. The van der Waals surface area contributed by atoms with Crippen molar-refractivity contribution in [1.29, 1.82) is 0 Å². The van der Waals surface area contributed by atoms with Crippen molar-refractivity contribution in [3.63, 3.8) is 0 Å². The molecule has 30 heavy (non-hydrogen) atoms. The average molecular weight is 408 g/mol. The van der Waals surface area contributed by atoms with Crippen LogP contribution < -0.4 is 5.32 Å². The monoisotopic (exact) mass is 407 g/mol. The Morgan fingerprint density at radius 2 is 2.03 bits per heavy atom. The number of hydrogen-bond acceptors (Lipinski definition) is 4. The Hall–Kier alpha value is -2.24. The molecule has 1 N–H and O–H groups in total. The maximum atomic E-state index is 13.5. The van der Waals surface area contributed by atoms with Gasteiger partial charge in [0.25, 0.3) is 5.91 Å². The van der Waals surface area contributed by atoms with E-state index < -0.39 is 5.60 Å². The number of aromatic nitrogens is 1. The zero-order valence-electron chi connectivity index (χ0n) is 18.1. The Morgan fingerprint density at radius 1 is 1.23 bits per heavy atom. The van der Waals surface area contributed by atoms with Crippen molar-refractivity contribution in [2.75, 3.05) is 19.7 Å². The van der Waals surface area contributed by atoms with Crippen molar-refractivity contribution in [3.05, 3.63) is 54.4 Å². The Bertz CT molecular complexity index is 848. The van der Waals surface area contributed by atoms with E-state index >= 15 is 0 Å². The molecule has 1 aliphatic heterocycles. The van der Waals surface area contributed by atoms with Crippen LogP contribution in [0.3, 0.4) is 0 Å². The number of benzene rings is 1. The SMILES string of the molecule is CC(C)N1CCOC(Cc2cccc(-c3cccnc3)c2)(C(=O)NC2CCCC2)C1. The van der Waals surface area contributed by atoms with Gasteiger partial charge in [-0.15, -0.1) is 0 Å². The van der Waals surface area contributed by atoms with Gasteiger partial charge in [-0.25, -0.2) is 0 Å². The molecule has 5 nitrogen and oxygen atoms in total. The zero-order valence-corrected chi connectivity index (χ0v) is 18.1. The van der Waals surface area contributed by atoms with Crippen LogP contribution in [0, 0.1) is 0 Å². The molecule has 160 valence electrons. The molecule has 1 aliphatic carbocycles. The van der Waals surface area contributed by atoms with Gasteiger partial charge in [0.1, 0.15) is 0 Å². The number of pyridine rings is 1. The number of rotatable bonds is 6. The molecule has 1 saturated heterocycles. The van der Waals surface area contributed by atoms with Gasteiger partial charge in [0.2, 0.25) is 0 Å². The van der Waals surface area contributed by atoms with Gasteiger partial charge in [0, 0.05) is 44.0 Å². The lowest BCUT2D eigenvalue weighted by Gasteiger charge is -2.43. The third kappa shape index (κ3) is 4.73. The van der Waals surface area contributed by atoms with Crippen LogP contribution >= 0.6 is 0 Å². The summed E-state index contributed by atoms with van der Waals surface area (Å²) >= 11 is 0. The smallest absolute Gasteiger partial charge is 0.254 e. The molecule has 1 atom stereocenters. The van der Waals surface area contributed by atoms with E-state index in [4.69, 9.17) is 4.74 Å². The number of hydrogen-bond donors (Lipinski definition) is 1. The molecule has 5 heteroatoms. The molecule has 1 saturated carbocycles. The molecule has 0 bridgehead atoms. The highest BCUT2D eigenvalue weighted by molar-refractivity contribution is 5.86. The second-order valence-corrected chi connectivity index (χ2v) is 8.98. The van der Waals surface area contributed by atoms with Crippen LogP contribution in [0.4, 0.5) is 0 Å². The van der Waals surface area contributed by atoms with Gasteiger partial charge in [-0.3, -0.25) is 14.7 Å². The maximum absolute atomic E-state index is 13.5. The highest BCUT2D eigenvalue weighted by atomic mass is 16.5. The van der Waals surface area contributed by atoms with Crippen molar-refractivity contribution in [2.24, 2.45) is 0 Å². The lowest BCUT2D eigenvalue weighted by atomic mass is 9.89. The van der Waals surface area contributed by atoms with E-state index in [0.29, 0.717) is 25.6 Å². The molecule has 1 unspecified atom stereocenters. The van der Waals surface area contributed by atoms with Crippen LogP contribution in [0.2, 0.25) is 0 Å². The fraction of sp³-hybridized carbons (Fsp3) is 0.520. The highest BCUT2D eigenvalue weighted by Gasteiger charge is 2.45. The number of carbonyl (C=O) groups is 1. The van der Waals surface area contributed by atoms with Crippen LogP contribution in [0.1, 0.15) is 45.1 Å². The van der Waals surface area contributed by atoms with E-state index in [1.165, 1.54) is 12.8 Å². The van der Waals surface area contributed by atoms with Gasteiger partial charge in [0.05, 0.1) is 6.61 Å². The van der Waals surface area contributed by atoms with Gasteiger partial charge in [0.15, 0.2) is 5.60 Å². The number of amides is 1. The molecule has 1 amide bonds. The standard InChI is InChI=1S/C25H33N3O2/c1-19(2)28-13-14-30-25(18-28,24(29)27-23-10-3-4-11-23)16-20-7-5-8-21(15-20)22-9-6-12-26-17-22/h5-9,12,15,17,19,23H,3-4,10-11,13-14,16,18H2,1-2H3,(H,27,29). The lowest BCUT2D eigenvalue weighted by molar-refractivity contribution is -0.162. The summed E-state index contributed by atoms with van der Waals surface area (Å²) in [4.78, 5) is 20.1. The number of nitrogens with one attached hydrogen (secondary N) is 1. The van der Waals surface area contributed by atoms with Crippen LogP contribution in [0.5, 0.6) is 0 Å². The van der Waals surface area contributed by atoms with Crippen LogP contribution in [-0.4, -0.2) is 53.2 Å². The Kier molecular flexibility index (Phi) is 6.49. The van der Waals surface area contributed by atoms with E-state index in [2.05, 4.69) is 59.4 Å². The summed E-state index contributed by atoms with van der Waals surface area (Å²) in [6.45, 7) is 6.45. The summed E-state index contributed by atoms with van der Waals surface area (Å²) in [6.07, 6.45) is 8.78. The molecule has 2 aliphatic rings. The predicted octanol–water partition coefficient (Wildman–Crippen LogP) is 3.83. The Morgan fingerprint density at radius 3 is 2.77 bits per heavy atom. The summed E-state index contributed by atoms with van der Waals surface area (Å²) in [5.74, 6) is 0.0477. The third-order valence-corrected chi connectivity index (χ3v) is 6.46. The minimum absolute atomic E-state index is 0.0477. The topological polar surface area (TPSA) is 54.5 Å². The normalized spacial score (nSPS) is 23.0. The molecule has 0 spiro atoms. The van der Waals surface area contributed by atoms with E-state index in [-0.39, 0.29) is 11.9 Å². The molecular formula is C25H33N3O2. The first kappa shape index (κ1) is 21.0. The van der Waals surface area contributed by atoms with E-state index in [1.54, 1.807) is 6.20 Å². The van der Waals surface area contributed by atoms with Crippen molar-refractivity contribution in [3.8, 4) is 11.1 Å². The lowest BCUT2D eigenvalue weighted by Crippen LogP contribution is -2.63. The number of nitrogens with zero attached hydrogens (tertiary/aromatic N) is 2. The van der Waals surface area contributed by atoms with Crippen molar-refractivity contribution >= 4 is 5.91 Å². The third-order valence-electron chi connectivity index (χ3n) is 6.46. The fourth-order valence-electron chi connectivity index (χ4n) is 4.69. The van der Waals surface area contributed by atoms with E-state index in [0.717, 1.165) is 36.1 Å². The van der Waals surface area contributed by atoms with Gasteiger partial charge >= 0.3 is 0 Å². The number of morpholine rings is 1. The minimum atomic E-state index is -0.849. The average Bonchev–Trinajstić information content (AvgIpc) is 3.28. The summed E-state index contributed by atoms with van der Waals surface area (Å²) in [5.41, 5.74) is 2.46. The largest absolute Gasteiger partial charge is 0.362 e. The second-order valence-electron chi connectivity index (χ2n) is 8.98. The first-order valence-corrected chi connectivity index (χ1v) is 11.2. The van der Waals surface area contributed by atoms with Gasteiger partial charge in [-0.2, -0.15) is 0 Å². The highest BCUT2D eigenvalue weighted by Crippen LogP contribution is 2.28. The summed E-state index contributed by atoms with van der Waals surface area (Å²) in [7, 11) is 0. The molecule has 2 heterocycles. The van der Waals surface area contributed by atoms with Gasteiger partial charge < -0.3 is 10.1 Å². The van der Waals surface area contributed by atoms with Crippen LogP contribution in [0.25, 0.3) is 11.1 Å². The first-order chi connectivity index (χ1) is 14.6. The predicted molar refractivity (Wildman–Crippen MR) is 119 cm³/mol. The van der Waals surface area contributed by atoms with Crippen LogP contribution in [-0.2, 0) is 16.0 Å². The number of carbonyl (C=O) groups excluding carboxylic acids is 1. The Balaban J connectivity index is 1.60. The van der Waals surface area contributed by atoms with Gasteiger partial charge in [-0.05, 0) is 49.4 Å². The van der Waals surface area contributed by atoms with E-state index in [9.17, 15) is 4.79 Å². The molecule has 4 rings (SSSR count).